The third-order valence-corrected chi connectivity index (χ3v) is 4.51. The van der Waals surface area contributed by atoms with Crippen LogP contribution in [0.2, 0.25) is 0 Å². The van der Waals surface area contributed by atoms with Crippen LogP contribution in [-0.2, 0) is 11.3 Å². The van der Waals surface area contributed by atoms with Crippen LogP contribution in [0.3, 0.4) is 0 Å². The van der Waals surface area contributed by atoms with Crippen molar-refractivity contribution in [3.63, 3.8) is 0 Å². The van der Waals surface area contributed by atoms with Crippen molar-refractivity contribution in [1.29, 1.82) is 0 Å². The third-order valence-electron chi connectivity index (χ3n) is 4.51. The summed E-state index contributed by atoms with van der Waals surface area (Å²) in [5.74, 6) is 0.447. The molecule has 1 amide bonds. The number of benzene rings is 2. The molecular weight excluding hydrogens is 342 g/mol. The van der Waals surface area contributed by atoms with Crippen LogP contribution in [0, 0.1) is 0 Å². The second kappa shape index (κ2) is 8.79. The number of hydrogen-bond acceptors (Lipinski definition) is 4. The highest BCUT2D eigenvalue weighted by atomic mass is 16.5. The van der Waals surface area contributed by atoms with Gasteiger partial charge in [-0.2, -0.15) is 0 Å². The first kappa shape index (κ1) is 19.1. The van der Waals surface area contributed by atoms with Crippen molar-refractivity contribution in [2.24, 2.45) is 0 Å². The zero-order valence-electron chi connectivity index (χ0n) is 15.7. The van der Waals surface area contributed by atoms with Crippen molar-refractivity contribution in [1.82, 2.24) is 15.3 Å². The second-order valence-electron chi connectivity index (χ2n) is 6.35. The predicted octanol–water partition coefficient (Wildman–Crippen LogP) is 3.27. The van der Waals surface area contributed by atoms with E-state index in [1.807, 2.05) is 56.3 Å². The summed E-state index contributed by atoms with van der Waals surface area (Å²) in [5.41, 5.74) is 4.34. The molecule has 0 fully saturated rings. The topological polar surface area (TPSA) is 87.2 Å². The number of nitrogens with one attached hydrogen (secondary N) is 2. The maximum atomic E-state index is 12.3. The van der Waals surface area contributed by atoms with Gasteiger partial charge in [-0.25, -0.2) is 4.98 Å². The van der Waals surface area contributed by atoms with Crippen molar-refractivity contribution in [3.05, 3.63) is 53.9 Å². The van der Waals surface area contributed by atoms with Crippen LogP contribution in [0.5, 0.6) is 0 Å². The third kappa shape index (κ3) is 4.53. The number of nitrogens with zero attached hydrogens (tertiary/aromatic N) is 1. The Morgan fingerprint density at radius 2 is 1.93 bits per heavy atom. The molecule has 1 atom stereocenters. The lowest BCUT2D eigenvalue weighted by molar-refractivity contribution is 0.0569. The molecule has 1 unspecified atom stereocenters. The highest BCUT2D eigenvalue weighted by Gasteiger charge is 2.11. The number of aliphatic hydroxyl groups is 1. The molecule has 142 valence electrons. The maximum absolute atomic E-state index is 12.3. The molecule has 0 radical (unpaired) electrons. The fourth-order valence-corrected chi connectivity index (χ4v) is 3.00. The Morgan fingerprint density at radius 1 is 1.19 bits per heavy atom. The van der Waals surface area contributed by atoms with Gasteiger partial charge < -0.3 is 20.1 Å². The SMILES string of the molecule is CCOC(CC)CNC(=O)c1ccc(-c2ccc3nc(CO)[nH]c3c2)cc1. The first-order valence-corrected chi connectivity index (χ1v) is 9.24. The van der Waals surface area contributed by atoms with Crippen molar-refractivity contribution in [2.75, 3.05) is 13.2 Å². The van der Waals surface area contributed by atoms with Crippen molar-refractivity contribution < 1.29 is 14.6 Å². The van der Waals surface area contributed by atoms with Gasteiger partial charge in [0.15, 0.2) is 0 Å². The number of hydrogen-bond donors (Lipinski definition) is 3. The average molecular weight is 367 g/mol. The van der Waals surface area contributed by atoms with E-state index in [1.54, 1.807) is 0 Å². The van der Waals surface area contributed by atoms with Gasteiger partial charge in [-0.05, 0) is 48.7 Å². The van der Waals surface area contributed by atoms with Gasteiger partial charge in [0.2, 0.25) is 0 Å². The first-order valence-electron chi connectivity index (χ1n) is 9.24. The minimum Gasteiger partial charge on any atom is -0.388 e. The normalized spacial score (nSPS) is 12.3. The van der Waals surface area contributed by atoms with Crippen molar-refractivity contribution in [3.8, 4) is 11.1 Å². The molecule has 3 aromatic rings. The standard InChI is InChI=1S/C21H25N3O3/c1-3-17(27-4-2)12-22-21(26)15-7-5-14(6-8-15)16-9-10-18-19(11-16)24-20(13-25)23-18/h5-11,17,25H,3-4,12-13H2,1-2H3,(H,22,26)(H,23,24). The zero-order chi connectivity index (χ0) is 19.2. The Labute approximate surface area is 158 Å². The Hall–Kier alpha value is -2.70. The quantitative estimate of drug-likeness (QED) is 0.570. The van der Waals surface area contributed by atoms with E-state index >= 15 is 0 Å². The summed E-state index contributed by atoms with van der Waals surface area (Å²) in [6.45, 7) is 5.03. The molecule has 0 bridgehead atoms. The molecule has 1 heterocycles. The highest BCUT2D eigenvalue weighted by Crippen LogP contribution is 2.24. The lowest BCUT2D eigenvalue weighted by Gasteiger charge is -2.15. The summed E-state index contributed by atoms with van der Waals surface area (Å²) in [5, 5.41) is 12.1. The highest BCUT2D eigenvalue weighted by molar-refractivity contribution is 5.94. The molecule has 0 aliphatic heterocycles. The molecule has 3 N–H and O–H groups in total. The lowest BCUT2D eigenvalue weighted by atomic mass is 10.0. The summed E-state index contributed by atoms with van der Waals surface area (Å²) >= 11 is 0. The molecule has 0 saturated heterocycles. The number of carbonyl (C=O) groups excluding carboxylic acids is 1. The minimum atomic E-state index is -0.115. The average Bonchev–Trinajstić information content (AvgIpc) is 3.13. The van der Waals surface area contributed by atoms with Crippen LogP contribution in [0.25, 0.3) is 22.2 Å². The predicted molar refractivity (Wildman–Crippen MR) is 105 cm³/mol. The number of aromatic nitrogens is 2. The van der Waals surface area contributed by atoms with Crippen LogP contribution in [0.1, 0.15) is 36.5 Å². The maximum Gasteiger partial charge on any atom is 0.251 e. The number of carbonyl (C=O) groups is 1. The van der Waals surface area contributed by atoms with Crippen LogP contribution in [0.4, 0.5) is 0 Å². The van der Waals surface area contributed by atoms with Gasteiger partial charge in [0.05, 0.1) is 17.1 Å². The molecule has 0 aliphatic rings. The van der Waals surface area contributed by atoms with Crippen molar-refractivity contribution >= 4 is 16.9 Å². The Morgan fingerprint density at radius 3 is 2.59 bits per heavy atom. The number of fused-ring (bicyclic) bond motifs is 1. The molecule has 6 heteroatoms. The summed E-state index contributed by atoms with van der Waals surface area (Å²) in [6, 6.07) is 13.4. The van der Waals surface area contributed by atoms with E-state index in [9.17, 15) is 9.90 Å². The van der Waals surface area contributed by atoms with E-state index < -0.39 is 0 Å². The van der Waals surface area contributed by atoms with E-state index in [1.165, 1.54) is 0 Å². The number of aromatic amines is 1. The van der Waals surface area contributed by atoms with E-state index in [4.69, 9.17) is 4.74 Å². The summed E-state index contributed by atoms with van der Waals surface area (Å²) < 4.78 is 5.56. The Kier molecular flexibility index (Phi) is 6.21. The van der Waals surface area contributed by atoms with Crippen LogP contribution >= 0.6 is 0 Å². The van der Waals surface area contributed by atoms with Crippen LogP contribution in [0.15, 0.2) is 42.5 Å². The number of ether oxygens (including phenoxy) is 1. The lowest BCUT2D eigenvalue weighted by Crippen LogP contribution is -2.33. The van der Waals surface area contributed by atoms with E-state index in [2.05, 4.69) is 15.3 Å². The van der Waals surface area contributed by atoms with Gasteiger partial charge in [-0.3, -0.25) is 4.79 Å². The number of aliphatic hydroxyl groups excluding tert-OH is 1. The Balaban J connectivity index is 1.70. The molecule has 6 nitrogen and oxygen atoms in total. The van der Waals surface area contributed by atoms with Gasteiger partial charge in [0.25, 0.3) is 5.91 Å². The van der Waals surface area contributed by atoms with Crippen LogP contribution in [-0.4, -0.2) is 40.2 Å². The fraction of sp³-hybridized carbons (Fsp3) is 0.333. The second-order valence-corrected chi connectivity index (χ2v) is 6.35. The molecule has 0 saturated carbocycles. The molecule has 0 aliphatic carbocycles. The van der Waals surface area contributed by atoms with Gasteiger partial charge in [-0.1, -0.05) is 25.1 Å². The largest absolute Gasteiger partial charge is 0.388 e. The van der Waals surface area contributed by atoms with Crippen molar-refractivity contribution in [2.45, 2.75) is 33.0 Å². The van der Waals surface area contributed by atoms with E-state index in [0.29, 0.717) is 24.5 Å². The smallest absolute Gasteiger partial charge is 0.251 e. The number of H-pyrrole nitrogens is 1. The molecule has 0 spiro atoms. The monoisotopic (exact) mass is 367 g/mol. The summed E-state index contributed by atoms with van der Waals surface area (Å²) in [4.78, 5) is 19.7. The molecule has 1 aromatic heterocycles. The van der Waals surface area contributed by atoms with Gasteiger partial charge in [-0.15, -0.1) is 0 Å². The zero-order valence-corrected chi connectivity index (χ0v) is 15.7. The minimum absolute atomic E-state index is 0.0446. The number of imidazole rings is 1. The summed E-state index contributed by atoms with van der Waals surface area (Å²) in [6.07, 6.45) is 0.907. The Bertz CT molecular complexity index is 903. The molecule has 2 aromatic carbocycles. The fourth-order valence-electron chi connectivity index (χ4n) is 3.00. The molecule has 27 heavy (non-hydrogen) atoms. The molecular formula is C21H25N3O3. The first-order chi connectivity index (χ1) is 13.1. The van der Waals surface area contributed by atoms with Gasteiger partial charge >= 0.3 is 0 Å². The number of rotatable bonds is 8. The van der Waals surface area contributed by atoms with Gasteiger partial charge in [0, 0.05) is 18.7 Å². The van der Waals surface area contributed by atoms with E-state index in [-0.39, 0.29) is 18.6 Å². The number of amides is 1. The van der Waals surface area contributed by atoms with Crippen LogP contribution < -0.4 is 5.32 Å². The van der Waals surface area contributed by atoms with Gasteiger partial charge in [0.1, 0.15) is 12.4 Å². The molecule has 3 rings (SSSR count). The van der Waals surface area contributed by atoms with E-state index in [0.717, 1.165) is 28.6 Å². The summed E-state index contributed by atoms with van der Waals surface area (Å²) in [7, 11) is 0.